The van der Waals surface area contributed by atoms with Gasteiger partial charge in [0.2, 0.25) is 0 Å². The molecule has 7 nitrogen and oxygen atoms in total. The summed E-state index contributed by atoms with van der Waals surface area (Å²) in [5, 5.41) is 4.64. The summed E-state index contributed by atoms with van der Waals surface area (Å²) in [6.07, 6.45) is 3.67. The van der Waals surface area contributed by atoms with Crippen molar-refractivity contribution in [2.45, 2.75) is 6.92 Å². The van der Waals surface area contributed by atoms with Gasteiger partial charge in [-0.3, -0.25) is 19.2 Å². The van der Waals surface area contributed by atoms with Crippen molar-refractivity contribution in [3.05, 3.63) is 91.8 Å². The van der Waals surface area contributed by atoms with Crippen LogP contribution in [0, 0.1) is 6.92 Å². The maximum atomic E-state index is 12.1. The predicted octanol–water partition coefficient (Wildman–Crippen LogP) is 2.96. The topological polar surface area (TPSA) is 78.4 Å². The lowest BCUT2D eigenvalue weighted by Crippen LogP contribution is -2.38. The van der Waals surface area contributed by atoms with Crippen molar-refractivity contribution in [1.29, 1.82) is 0 Å². The first-order chi connectivity index (χ1) is 14.0. The quantitative estimate of drug-likeness (QED) is 0.583. The van der Waals surface area contributed by atoms with Crippen LogP contribution in [0.2, 0.25) is 4.34 Å². The Morgan fingerprint density at radius 3 is 2.59 bits per heavy atom. The highest BCUT2D eigenvalue weighted by Crippen LogP contribution is 2.21. The monoisotopic (exact) mass is 427 g/mol. The number of benzene rings is 1. The Morgan fingerprint density at radius 2 is 1.86 bits per heavy atom. The van der Waals surface area contributed by atoms with Crippen LogP contribution >= 0.6 is 22.9 Å². The number of rotatable bonds is 5. The van der Waals surface area contributed by atoms with Crippen molar-refractivity contribution >= 4 is 34.5 Å². The number of halogens is 1. The maximum Gasteiger partial charge on any atom is 0.261 e. The van der Waals surface area contributed by atoms with Crippen molar-refractivity contribution in [2.24, 2.45) is 0 Å². The summed E-state index contributed by atoms with van der Waals surface area (Å²) in [6, 6.07) is 14.3. The lowest BCUT2D eigenvalue weighted by molar-refractivity contribution is 0.0960. The van der Waals surface area contributed by atoms with E-state index in [1.807, 2.05) is 43.6 Å². The molecule has 0 saturated heterocycles. The molecule has 3 heterocycles. The summed E-state index contributed by atoms with van der Waals surface area (Å²) >= 11 is 7.10. The molecule has 3 aromatic rings. The number of thiophene rings is 1. The van der Waals surface area contributed by atoms with Crippen molar-refractivity contribution in [1.82, 2.24) is 20.8 Å². The molecule has 1 aliphatic heterocycles. The zero-order chi connectivity index (χ0) is 20.4. The summed E-state index contributed by atoms with van der Waals surface area (Å²) in [5.74, 6) is -0.170. The van der Waals surface area contributed by atoms with Crippen LogP contribution in [-0.2, 0) is 0 Å². The number of hydrazine groups is 2. The molecule has 0 radical (unpaired) electrons. The molecule has 1 aromatic carbocycles. The maximum absolute atomic E-state index is 12.1. The lowest BCUT2D eigenvalue weighted by atomic mass is 10.2. The first kappa shape index (κ1) is 19.3. The van der Waals surface area contributed by atoms with E-state index in [-0.39, 0.29) is 11.5 Å². The third-order valence-electron chi connectivity index (χ3n) is 4.32. The van der Waals surface area contributed by atoms with Crippen LogP contribution in [0.3, 0.4) is 0 Å². The van der Waals surface area contributed by atoms with E-state index in [9.17, 15) is 9.59 Å². The average molecular weight is 428 g/mol. The fourth-order valence-corrected chi connectivity index (χ4v) is 3.81. The largest absolute Gasteiger partial charge is 0.346 e. The number of nitrogens with one attached hydrogen (secondary N) is 3. The Labute approximate surface area is 176 Å². The number of nitrogens with zero attached hydrogens (tertiary/aromatic N) is 2. The van der Waals surface area contributed by atoms with Crippen molar-refractivity contribution in [2.75, 3.05) is 11.6 Å². The highest BCUT2D eigenvalue weighted by atomic mass is 35.5. The fraction of sp³-hybridized carbons (Fsp3) is 0.100. The molecule has 1 aliphatic rings. The van der Waals surface area contributed by atoms with Gasteiger partial charge < -0.3 is 10.7 Å². The summed E-state index contributed by atoms with van der Waals surface area (Å²) in [6.45, 7) is 2.29. The van der Waals surface area contributed by atoms with Crippen LogP contribution in [0.15, 0.2) is 71.4 Å². The van der Waals surface area contributed by atoms with Crippen molar-refractivity contribution in [3.8, 4) is 5.69 Å². The standard InChI is InChI=1S/C20H18ClN5O2S/c1-13-2-9-19(27)25(11-13)15-3-5-16(6-4-15)26-12-14(23-24-26)10-22-20(28)17-7-8-18(21)29-17/h2-9,11-12,23-24H,10H2,1H3,(H,22,28). The number of anilines is 1. The average Bonchev–Trinajstić information content (AvgIpc) is 3.37. The number of amides is 1. The number of carbonyl (C=O) groups excluding carboxylic acids is 1. The van der Waals surface area contributed by atoms with Gasteiger partial charge in [0.05, 0.1) is 27.1 Å². The van der Waals surface area contributed by atoms with E-state index in [1.54, 1.807) is 33.8 Å². The van der Waals surface area contributed by atoms with E-state index in [1.165, 1.54) is 11.3 Å². The van der Waals surface area contributed by atoms with Gasteiger partial charge in [0, 0.05) is 24.2 Å². The van der Waals surface area contributed by atoms with Gasteiger partial charge in [-0.15, -0.1) is 16.9 Å². The molecule has 0 saturated carbocycles. The van der Waals surface area contributed by atoms with Gasteiger partial charge in [-0.2, -0.15) is 0 Å². The van der Waals surface area contributed by atoms with Gasteiger partial charge in [-0.1, -0.05) is 17.7 Å². The van der Waals surface area contributed by atoms with Gasteiger partial charge >= 0.3 is 0 Å². The van der Waals surface area contributed by atoms with Gasteiger partial charge in [-0.05, 0) is 48.9 Å². The SMILES string of the molecule is Cc1ccc(=O)n(-c2ccc(N3C=C(CNC(=O)c4ccc(Cl)s4)NN3)cc2)c1. The molecule has 0 bridgehead atoms. The Morgan fingerprint density at radius 1 is 1.10 bits per heavy atom. The Hall–Kier alpha value is -3.07. The zero-order valence-corrected chi connectivity index (χ0v) is 17.1. The minimum atomic E-state index is -0.170. The molecule has 0 aliphatic carbocycles. The van der Waals surface area contributed by atoms with E-state index < -0.39 is 0 Å². The molecule has 4 rings (SSSR count). The zero-order valence-electron chi connectivity index (χ0n) is 15.5. The van der Waals surface area contributed by atoms with Crippen LogP contribution in [0.5, 0.6) is 0 Å². The number of pyridine rings is 1. The van der Waals surface area contributed by atoms with Gasteiger partial charge in [0.1, 0.15) is 0 Å². The summed E-state index contributed by atoms with van der Waals surface area (Å²) in [5.41, 5.74) is 9.47. The van der Waals surface area contributed by atoms with E-state index in [0.717, 1.165) is 22.6 Å². The molecule has 9 heteroatoms. The molecule has 148 valence electrons. The fourth-order valence-electron chi connectivity index (χ4n) is 2.85. The Balaban J connectivity index is 1.41. The number of hydrogen-bond acceptors (Lipinski definition) is 6. The van der Waals surface area contributed by atoms with Gasteiger partial charge in [0.15, 0.2) is 0 Å². The number of carbonyl (C=O) groups is 1. The van der Waals surface area contributed by atoms with Crippen LogP contribution in [-0.4, -0.2) is 17.0 Å². The first-order valence-corrected chi connectivity index (χ1v) is 10.0. The third-order valence-corrected chi connectivity index (χ3v) is 5.55. The van der Waals surface area contributed by atoms with Crippen LogP contribution in [0.4, 0.5) is 5.69 Å². The molecular formula is C20H18ClN5O2S. The normalized spacial score (nSPS) is 13.2. The summed E-state index contributed by atoms with van der Waals surface area (Å²) in [7, 11) is 0. The molecule has 1 amide bonds. The van der Waals surface area contributed by atoms with Crippen LogP contribution in [0.25, 0.3) is 5.69 Å². The molecule has 0 spiro atoms. The van der Waals surface area contributed by atoms with E-state index in [0.29, 0.717) is 15.8 Å². The molecule has 0 atom stereocenters. The van der Waals surface area contributed by atoms with E-state index in [4.69, 9.17) is 11.6 Å². The molecule has 0 fully saturated rings. The van der Waals surface area contributed by atoms with Gasteiger partial charge in [0.25, 0.3) is 11.5 Å². The number of aromatic nitrogens is 1. The van der Waals surface area contributed by atoms with Gasteiger partial charge in [-0.25, -0.2) is 0 Å². The molecular weight excluding hydrogens is 410 g/mol. The second-order valence-corrected chi connectivity index (χ2v) is 8.19. The van der Waals surface area contributed by atoms with Crippen molar-refractivity contribution in [3.63, 3.8) is 0 Å². The van der Waals surface area contributed by atoms with E-state index >= 15 is 0 Å². The van der Waals surface area contributed by atoms with E-state index in [2.05, 4.69) is 16.3 Å². The second kappa shape index (κ2) is 8.12. The predicted molar refractivity (Wildman–Crippen MR) is 115 cm³/mol. The minimum absolute atomic E-state index is 0.0748. The Bertz CT molecular complexity index is 1140. The van der Waals surface area contributed by atoms with Crippen molar-refractivity contribution < 1.29 is 4.79 Å². The van der Waals surface area contributed by atoms with Crippen LogP contribution in [0.1, 0.15) is 15.2 Å². The molecule has 3 N–H and O–H groups in total. The smallest absolute Gasteiger partial charge is 0.261 e. The molecule has 2 aromatic heterocycles. The highest BCUT2D eigenvalue weighted by Gasteiger charge is 2.15. The lowest BCUT2D eigenvalue weighted by Gasteiger charge is -2.16. The first-order valence-electron chi connectivity index (χ1n) is 8.84. The third kappa shape index (κ3) is 4.34. The number of hydrogen-bond donors (Lipinski definition) is 3. The van der Waals surface area contributed by atoms with Crippen LogP contribution < -0.4 is 26.8 Å². The number of aryl methyl sites for hydroxylation is 1. The molecule has 29 heavy (non-hydrogen) atoms. The summed E-state index contributed by atoms with van der Waals surface area (Å²) in [4.78, 5) is 24.7. The Kier molecular flexibility index (Phi) is 5.39. The molecule has 0 unspecified atom stereocenters. The minimum Gasteiger partial charge on any atom is -0.346 e. The summed E-state index contributed by atoms with van der Waals surface area (Å²) < 4.78 is 2.19. The highest BCUT2D eigenvalue weighted by molar-refractivity contribution is 7.18. The second-order valence-electron chi connectivity index (χ2n) is 6.48.